The van der Waals surface area contributed by atoms with Crippen LogP contribution in [0.4, 0.5) is 5.69 Å². The topological polar surface area (TPSA) is 99.7 Å². The van der Waals surface area contributed by atoms with E-state index in [2.05, 4.69) is 47.1 Å². The third-order valence-electron chi connectivity index (χ3n) is 7.53. The number of aromatic hydroxyl groups is 1. The van der Waals surface area contributed by atoms with Gasteiger partial charge in [-0.3, -0.25) is 9.59 Å². The number of anilines is 1. The van der Waals surface area contributed by atoms with E-state index in [0.717, 1.165) is 69.0 Å². The molecule has 0 atom stereocenters. The fourth-order valence-corrected chi connectivity index (χ4v) is 5.49. The van der Waals surface area contributed by atoms with Crippen LogP contribution in [0.25, 0.3) is 6.08 Å². The van der Waals surface area contributed by atoms with Crippen molar-refractivity contribution in [2.24, 2.45) is 0 Å². The SMILES string of the molecule is CNc1c(O)ccc(CCNCCCCCOc2cccc(C(=O)NC3(C)Cc4ccccc4C3)c2)c1/C=C\C=O. The van der Waals surface area contributed by atoms with Crippen molar-refractivity contribution >= 4 is 24.0 Å². The zero-order valence-corrected chi connectivity index (χ0v) is 24.0. The van der Waals surface area contributed by atoms with Crippen LogP contribution >= 0.6 is 0 Å². The zero-order valence-electron chi connectivity index (χ0n) is 24.0. The standard InChI is InChI=1S/C34H41N3O4/c1-34(23-27-10-4-5-11-28(27)24-34)37-33(40)26-12-8-13-29(22-26)41-21-7-3-6-18-36-19-17-25-15-16-31(39)32(35-2)30(25)14-9-20-38/h4-5,8-16,20,22,35-36,39H,3,6-7,17-19,21,23-24H2,1-2H3,(H,37,40)/b14-9-. The molecular formula is C34H41N3O4. The Morgan fingerprint density at radius 1 is 1.00 bits per heavy atom. The summed E-state index contributed by atoms with van der Waals surface area (Å²) in [7, 11) is 1.75. The highest BCUT2D eigenvalue weighted by Gasteiger charge is 2.34. The Morgan fingerprint density at radius 3 is 2.51 bits per heavy atom. The Hall–Kier alpha value is -4.10. The van der Waals surface area contributed by atoms with Crippen LogP contribution in [0.1, 0.15) is 58.8 Å². The first-order chi connectivity index (χ1) is 19.9. The van der Waals surface area contributed by atoms with Crippen molar-refractivity contribution in [3.63, 3.8) is 0 Å². The number of ether oxygens (including phenoxy) is 1. The molecule has 0 aliphatic heterocycles. The zero-order chi connectivity index (χ0) is 29.1. The summed E-state index contributed by atoms with van der Waals surface area (Å²) in [6.45, 7) is 4.41. The molecule has 0 saturated heterocycles. The Bertz CT molecular complexity index is 1340. The number of hydrogen-bond donors (Lipinski definition) is 4. The molecule has 1 amide bonds. The molecule has 4 rings (SSSR count). The molecule has 7 nitrogen and oxygen atoms in total. The number of fused-ring (bicyclic) bond motifs is 1. The van der Waals surface area contributed by atoms with E-state index in [1.165, 1.54) is 17.2 Å². The number of phenolic OH excluding ortho intramolecular Hbond substituents is 1. The van der Waals surface area contributed by atoms with E-state index in [1.807, 2.05) is 30.3 Å². The first-order valence-electron chi connectivity index (χ1n) is 14.4. The number of aldehydes is 1. The van der Waals surface area contributed by atoms with Gasteiger partial charge in [0.2, 0.25) is 0 Å². The van der Waals surface area contributed by atoms with E-state index >= 15 is 0 Å². The number of nitrogens with one attached hydrogen (secondary N) is 3. The molecule has 216 valence electrons. The van der Waals surface area contributed by atoms with Crippen molar-refractivity contribution < 1.29 is 19.4 Å². The summed E-state index contributed by atoms with van der Waals surface area (Å²) in [5.41, 5.74) is 5.47. The van der Waals surface area contributed by atoms with E-state index < -0.39 is 0 Å². The normalized spacial score (nSPS) is 13.6. The molecule has 0 unspecified atom stereocenters. The molecular weight excluding hydrogens is 514 g/mol. The van der Waals surface area contributed by atoms with Gasteiger partial charge in [-0.15, -0.1) is 0 Å². The highest BCUT2D eigenvalue weighted by molar-refractivity contribution is 5.95. The van der Waals surface area contributed by atoms with E-state index in [-0.39, 0.29) is 17.2 Å². The molecule has 3 aromatic carbocycles. The Morgan fingerprint density at radius 2 is 1.78 bits per heavy atom. The molecule has 3 aromatic rings. The molecule has 0 radical (unpaired) electrons. The van der Waals surface area contributed by atoms with Crippen molar-refractivity contribution in [1.82, 2.24) is 10.6 Å². The maximum atomic E-state index is 13.0. The Balaban J connectivity index is 1.14. The number of carbonyl (C=O) groups is 2. The average Bonchev–Trinajstić information content (AvgIpc) is 3.31. The monoisotopic (exact) mass is 555 g/mol. The molecule has 4 N–H and O–H groups in total. The van der Waals surface area contributed by atoms with Crippen LogP contribution in [0.15, 0.2) is 66.7 Å². The van der Waals surface area contributed by atoms with E-state index in [4.69, 9.17) is 4.74 Å². The summed E-state index contributed by atoms with van der Waals surface area (Å²) in [5.74, 6) is 0.805. The van der Waals surface area contributed by atoms with Gasteiger partial charge in [-0.2, -0.15) is 0 Å². The first kappa shape index (κ1) is 29.9. The van der Waals surface area contributed by atoms with E-state index in [1.54, 1.807) is 19.2 Å². The van der Waals surface area contributed by atoms with Gasteiger partial charge in [0.05, 0.1) is 12.3 Å². The van der Waals surface area contributed by atoms with Gasteiger partial charge in [-0.1, -0.05) is 36.4 Å². The lowest BCUT2D eigenvalue weighted by Gasteiger charge is -2.25. The van der Waals surface area contributed by atoms with Crippen molar-refractivity contribution in [2.45, 2.75) is 51.0 Å². The minimum Gasteiger partial charge on any atom is -0.506 e. The molecule has 1 aliphatic rings. The number of benzene rings is 3. The average molecular weight is 556 g/mol. The number of allylic oxidation sites excluding steroid dienone is 1. The number of phenols is 1. The molecule has 0 saturated carbocycles. The predicted octanol–water partition coefficient (Wildman–Crippen LogP) is 5.31. The van der Waals surface area contributed by atoms with Gasteiger partial charge in [0.15, 0.2) is 0 Å². The van der Waals surface area contributed by atoms with Crippen molar-refractivity contribution in [3.8, 4) is 11.5 Å². The predicted molar refractivity (Wildman–Crippen MR) is 165 cm³/mol. The van der Waals surface area contributed by atoms with Gasteiger partial charge < -0.3 is 25.8 Å². The second-order valence-corrected chi connectivity index (χ2v) is 10.9. The molecule has 0 spiro atoms. The summed E-state index contributed by atoms with van der Waals surface area (Å²) in [4.78, 5) is 23.8. The minimum absolute atomic E-state index is 0.0711. The summed E-state index contributed by atoms with van der Waals surface area (Å²) < 4.78 is 5.95. The smallest absolute Gasteiger partial charge is 0.251 e. The van der Waals surface area contributed by atoms with E-state index in [0.29, 0.717) is 23.6 Å². The van der Waals surface area contributed by atoms with Crippen LogP contribution in [0.2, 0.25) is 0 Å². The summed E-state index contributed by atoms with van der Waals surface area (Å²) in [6, 6.07) is 19.4. The fourth-order valence-electron chi connectivity index (χ4n) is 5.49. The highest BCUT2D eigenvalue weighted by Crippen LogP contribution is 2.32. The van der Waals surface area contributed by atoms with Crippen LogP contribution < -0.4 is 20.7 Å². The van der Waals surface area contributed by atoms with Crippen LogP contribution in [0.5, 0.6) is 11.5 Å². The quantitative estimate of drug-likeness (QED) is 0.0878. The molecule has 0 heterocycles. The second-order valence-electron chi connectivity index (χ2n) is 10.9. The number of rotatable bonds is 15. The molecule has 41 heavy (non-hydrogen) atoms. The first-order valence-corrected chi connectivity index (χ1v) is 14.4. The lowest BCUT2D eigenvalue weighted by Crippen LogP contribution is -2.46. The highest BCUT2D eigenvalue weighted by atomic mass is 16.5. The molecule has 0 fully saturated rings. The number of unbranched alkanes of at least 4 members (excludes halogenated alkanes) is 2. The largest absolute Gasteiger partial charge is 0.506 e. The Labute approximate surface area is 243 Å². The van der Waals surface area contributed by atoms with Gasteiger partial charge in [-0.25, -0.2) is 0 Å². The van der Waals surface area contributed by atoms with Crippen LogP contribution in [0.3, 0.4) is 0 Å². The minimum atomic E-state index is -0.277. The lowest BCUT2D eigenvalue weighted by molar-refractivity contribution is -0.104. The fraction of sp³-hybridized carbons (Fsp3) is 0.353. The molecule has 0 bridgehead atoms. The van der Waals surface area contributed by atoms with Crippen LogP contribution in [-0.2, 0) is 24.1 Å². The Kier molecular flexibility index (Phi) is 10.6. The van der Waals surface area contributed by atoms with Crippen LogP contribution in [-0.4, -0.2) is 49.6 Å². The number of carbonyl (C=O) groups excluding carboxylic acids is 2. The maximum Gasteiger partial charge on any atom is 0.251 e. The summed E-state index contributed by atoms with van der Waals surface area (Å²) in [5, 5.41) is 19.8. The summed E-state index contributed by atoms with van der Waals surface area (Å²) in [6.07, 6.45) is 9.36. The third-order valence-corrected chi connectivity index (χ3v) is 7.53. The molecule has 1 aliphatic carbocycles. The lowest BCUT2D eigenvalue weighted by atomic mass is 9.98. The molecule has 7 heteroatoms. The number of amides is 1. The molecule has 0 aromatic heterocycles. The van der Waals surface area contributed by atoms with Crippen LogP contribution in [0, 0.1) is 0 Å². The van der Waals surface area contributed by atoms with Gasteiger partial charge in [-0.05, 0) is 112 Å². The van der Waals surface area contributed by atoms with Gasteiger partial charge in [0.25, 0.3) is 5.91 Å². The van der Waals surface area contributed by atoms with Gasteiger partial charge in [0.1, 0.15) is 17.8 Å². The van der Waals surface area contributed by atoms with Crippen molar-refractivity contribution in [1.29, 1.82) is 0 Å². The summed E-state index contributed by atoms with van der Waals surface area (Å²) >= 11 is 0. The number of hydrogen-bond acceptors (Lipinski definition) is 6. The maximum absolute atomic E-state index is 13.0. The van der Waals surface area contributed by atoms with Crippen molar-refractivity contribution in [3.05, 3.63) is 94.6 Å². The second kappa shape index (κ2) is 14.5. The van der Waals surface area contributed by atoms with Crippen molar-refractivity contribution in [2.75, 3.05) is 32.1 Å². The van der Waals surface area contributed by atoms with Gasteiger partial charge >= 0.3 is 0 Å². The van der Waals surface area contributed by atoms with E-state index in [9.17, 15) is 14.7 Å². The van der Waals surface area contributed by atoms with Gasteiger partial charge in [0, 0.05) is 23.7 Å². The third kappa shape index (κ3) is 8.21.